The summed E-state index contributed by atoms with van der Waals surface area (Å²) in [5.41, 5.74) is 7.22. The van der Waals surface area contributed by atoms with Crippen LogP contribution in [0, 0.1) is 0 Å². The smallest absolute Gasteiger partial charge is 0.397 e. The summed E-state index contributed by atoms with van der Waals surface area (Å²) in [5.74, 6) is 0.260. The topological polar surface area (TPSA) is 43.8 Å². The van der Waals surface area contributed by atoms with Crippen molar-refractivity contribution >= 4 is 28.1 Å². The highest BCUT2D eigenvalue weighted by molar-refractivity contribution is 7.14. The molecule has 1 aromatic carbocycles. The minimum atomic E-state index is -4.32. The van der Waals surface area contributed by atoms with Crippen LogP contribution in [0.5, 0.6) is 0 Å². The number of hydrogen-bond acceptors (Lipinski definition) is 3. The first kappa shape index (κ1) is 13.0. The van der Waals surface area contributed by atoms with E-state index in [1.54, 1.807) is 35.7 Å². The quantitative estimate of drug-likeness (QED) is 0.779. The lowest BCUT2D eigenvalue weighted by molar-refractivity contribution is -0.139. The van der Waals surface area contributed by atoms with Crippen LogP contribution in [-0.4, -0.2) is 15.7 Å². The Morgan fingerprint density at radius 2 is 1.95 bits per heavy atom. The minimum Gasteiger partial charge on any atom is -0.397 e. The number of alkyl halides is 3. The molecule has 7 heteroatoms. The number of nitrogen functional groups attached to an aromatic ring is 1. The molecule has 2 aromatic heterocycles. The molecule has 2 N–H and O–H groups in total. The molecule has 0 fully saturated rings. The van der Waals surface area contributed by atoms with E-state index in [1.807, 2.05) is 0 Å². The van der Waals surface area contributed by atoms with Crippen LogP contribution >= 0.6 is 11.3 Å². The van der Waals surface area contributed by atoms with E-state index >= 15 is 0 Å². The zero-order valence-electron chi connectivity index (χ0n) is 10.2. The van der Waals surface area contributed by atoms with E-state index in [2.05, 4.69) is 4.98 Å². The minimum absolute atomic E-state index is 0.260. The van der Waals surface area contributed by atoms with Crippen molar-refractivity contribution in [3.05, 3.63) is 35.7 Å². The second-order valence-corrected chi connectivity index (χ2v) is 5.25. The van der Waals surface area contributed by atoms with Crippen LogP contribution in [-0.2, 0) is 6.54 Å². The third kappa shape index (κ3) is 2.24. The second kappa shape index (κ2) is 4.52. The molecule has 0 spiro atoms. The van der Waals surface area contributed by atoms with E-state index < -0.39 is 12.7 Å². The molecule has 0 aliphatic carbocycles. The molecule has 0 aliphatic rings. The molecule has 2 heterocycles. The van der Waals surface area contributed by atoms with E-state index in [-0.39, 0.29) is 5.82 Å². The van der Waals surface area contributed by atoms with Crippen molar-refractivity contribution in [2.45, 2.75) is 12.7 Å². The number of rotatable bonds is 2. The summed E-state index contributed by atoms with van der Waals surface area (Å²) in [4.78, 5) is 4.85. The number of para-hydroxylation sites is 2. The number of benzene rings is 1. The molecule has 104 valence electrons. The van der Waals surface area contributed by atoms with E-state index in [0.29, 0.717) is 21.6 Å². The molecule has 3 nitrogen and oxygen atoms in total. The van der Waals surface area contributed by atoms with Crippen molar-refractivity contribution in [1.29, 1.82) is 0 Å². The number of nitrogens with zero attached hydrogens (tertiary/aromatic N) is 2. The van der Waals surface area contributed by atoms with Crippen LogP contribution in [0.15, 0.2) is 35.7 Å². The van der Waals surface area contributed by atoms with Crippen LogP contribution in [0.1, 0.15) is 0 Å². The Labute approximate surface area is 116 Å². The molecule has 0 saturated heterocycles. The predicted octanol–water partition coefficient (Wildman–Crippen LogP) is 3.91. The van der Waals surface area contributed by atoms with Crippen LogP contribution in [0.4, 0.5) is 18.9 Å². The third-order valence-corrected chi connectivity index (χ3v) is 3.82. The summed E-state index contributed by atoms with van der Waals surface area (Å²) in [5, 5.41) is 1.74. The Kier molecular flexibility index (Phi) is 2.93. The highest BCUT2D eigenvalue weighted by Gasteiger charge is 2.31. The highest BCUT2D eigenvalue weighted by atomic mass is 32.1. The summed E-state index contributed by atoms with van der Waals surface area (Å²) in [6.45, 7) is -1.08. The zero-order valence-corrected chi connectivity index (χ0v) is 11.0. The summed E-state index contributed by atoms with van der Waals surface area (Å²) in [6.07, 6.45) is -4.32. The Balaban J connectivity index is 2.25. The van der Waals surface area contributed by atoms with Gasteiger partial charge < -0.3 is 10.3 Å². The number of hydrogen-bond donors (Lipinski definition) is 1. The van der Waals surface area contributed by atoms with Gasteiger partial charge in [-0.3, -0.25) is 0 Å². The van der Waals surface area contributed by atoms with Crippen molar-refractivity contribution in [1.82, 2.24) is 9.55 Å². The van der Waals surface area contributed by atoms with E-state index in [1.165, 1.54) is 11.3 Å². The summed E-state index contributed by atoms with van der Waals surface area (Å²) in [7, 11) is 0. The maximum Gasteiger partial charge on any atom is 0.406 e. The number of fused-ring (bicyclic) bond motifs is 1. The number of aromatic nitrogens is 2. The Morgan fingerprint density at radius 1 is 1.20 bits per heavy atom. The van der Waals surface area contributed by atoms with Gasteiger partial charge in [-0.1, -0.05) is 12.1 Å². The molecule has 0 unspecified atom stereocenters. The maximum absolute atomic E-state index is 12.8. The number of anilines is 1. The lowest BCUT2D eigenvalue weighted by Gasteiger charge is -2.11. The van der Waals surface area contributed by atoms with Gasteiger partial charge in [0.15, 0.2) is 5.82 Å². The molecule has 3 aromatic rings. The van der Waals surface area contributed by atoms with Gasteiger partial charge in [-0.05, 0) is 23.6 Å². The van der Waals surface area contributed by atoms with Crippen molar-refractivity contribution in [2.75, 3.05) is 5.73 Å². The fourth-order valence-electron chi connectivity index (χ4n) is 2.09. The lowest BCUT2D eigenvalue weighted by Crippen LogP contribution is -2.18. The van der Waals surface area contributed by atoms with Crippen LogP contribution < -0.4 is 5.73 Å². The van der Waals surface area contributed by atoms with Gasteiger partial charge in [0.05, 0.1) is 21.6 Å². The largest absolute Gasteiger partial charge is 0.406 e. The lowest BCUT2D eigenvalue weighted by atomic mass is 10.3. The molecular formula is C13H10F3N3S. The zero-order chi connectivity index (χ0) is 14.3. The van der Waals surface area contributed by atoms with E-state index in [0.717, 1.165) is 4.57 Å². The van der Waals surface area contributed by atoms with Gasteiger partial charge >= 0.3 is 6.18 Å². The summed E-state index contributed by atoms with van der Waals surface area (Å²) >= 11 is 1.28. The monoisotopic (exact) mass is 297 g/mol. The van der Waals surface area contributed by atoms with Crippen molar-refractivity contribution in [3.63, 3.8) is 0 Å². The van der Waals surface area contributed by atoms with Crippen molar-refractivity contribution in [3.8, 4) is 10.7 Å². The molecular weight excluding hydrogens is 287 g/mol. The fraction of sp³-hybridized carbons (Fsp3) is 0.154. The Hall–Kier alpha value is -2.02. The predicted molar refractivity (Wildman–Crippen MR) is 73.5 cm³/mol. The average molecular weight is 297 g/mol. The molecule has 0 atom stereocenters. The fourth-order valence-corrected chi connectivity index (χ4v) is 2.91. The number of nitrogens with two attached hydrogens (primary N) is 1. The van der Waals surface area contributed by atoms with Gasteiger partial charge in [-0.15, -0.1) is 11.3 Å². The normalized spacial score (nSPS) is 12.2. The SMILES string of the molecule is Nc1ccsc1-c1nc2ccccc2n1CC(F)(F)F. The van der Waals surface area contributed by atoms with Gasteiger partial charge in [-0.25, -0.2) is 4.98 Å². The van der Waals surface area contributed by atoms with E-state index in [9.17, 15) is 13.2 Å². The van der Waals surface area contributed by atoms with Gasteiger partial charge in [0, 0.05) is 0 Å². The number of halogens is 3. The van der Waals surface area contributed by atoms with E-state index in [4.69, 9.17) is 5.73 Å². The number of imidazole rings is 1. The van der Waals surface area contributed by atoms with Gasteiger partial charge in [0.25, 0.3) is 0 Å². The van der Waals surface area contributed by atoms with Gasteiger partial charge in [0.1, 0.15) is 6.54 Å². The highest BCUT2D eigenvalue weighted by Crippen LogP contribution is 2.34. The molecule has 20 heavy (non-hydrogen) atoms. The number of thiophene rings is 1. The molecule has 0 aliphatic heterocycles. The Morgan fingerprint density at radius 3 is 2.60 bits per heavy atom. The first-order valence-corrected chi connectivity index (χ1v) is 6.69. The van der Waals surface area contributed by atoms with Gasteiger partial charge in [-0.2, -0.15) is 13.2 Å². The standard InChI is InChI=1S/C13H10F3N3S/c14-13(15,16)7-19-10-4-2-1-3-9(10)18-12(19)11-8(17)5-6-20-11/h1-6H,7,17H2. The maximum atomic E-state index is 12.8. The van der Waals surface area contributed by atoms with Crippen LogP contribution in [0.2, 0.25) is 0 Å². The van der Waals surface area contributed by atoms with Crippen molar-refractivity contribution < 1.29 is 13.2 Å². The summed E-state index contributed by atoms with van der Waals surface area (Å²) in [6, 6.07) is 8.42. The summed E-state index contributed by atoms with van der Waals surface area (Å²) < 4.78 is 39.5. The molecule has 0 radical (unpaired) electrons. The first-order chi connectivity index (χ1) is 9.46. The third-order valence-electron chi connectivity index (χ3n) is 2.89. The average Bonchev–Trinajstić information content (AvgIpc) is 2.92. The molecule has 0 amide bonds. The molecule has 0 bridgehead atoms. The molecule has 3 rings (SSSR count). The van der Waals surface area contributed by atoms with Crippen LogP contribution in [0.25, 0.3) is 21.7 Å². The van der Waals surface area contributed by atoms with Crippen LogP contribution in [0.3, 0.4) is 0 Å². The first-order valence-electron chi connectivity index (χ1n) is 5.81. The second-order valence-electron chi connectivity index (χ2n) is 4.33. The van der Waals surface area contributed by atoms with Gasteiger partial charge in [0.2, 0.25) is 0 Å². The Bertz CT molecular complexity index is 758. The van der Waals surface area contributed by atoms with Crippen molar-refractivity contribution in [2.24, 2.45) is 0 Å². The molecule has 0 saturated carbocycles.